The van der Waals surface area contributed by atoms with Crippen molar-refractivity contribution in [1.82, 2.24) is 24.7 Å². The molecule has 8 heteroatoms. The third kappa shape index (κ3) is 2.74. The van der Waals surface area contributed by atoms with E-state index in [-0.39, 0.29) is 5.69 Å². The van der Waals surface area contributed by atoms with Crippen molar-refractivity contribution >= 4 is 27.7 Å². The monoisotopic (exact) mass is 341 g/mol. The topological polar surface area (TPSA) is 76.5 Å². The Kier molecular flexibility index (Phi) is 3.44. The van der Waals surface area contributed by atoms with Gasteiger partial charge in [-0.15, -0.1) is 5.10 Å². The molecule has 0 amide bonds. The Labute approximate surface area is 122 Å². The van der Waals surface area contributed by atoms with Crippen molar-refractivity contribution in [2.24, 2.45) is 0 Å². The summed E-state index contributed by atoms with van der Waals surface area (Å²) in [5, 5.41) is 7.90. The Morgan fingerprint density at radius 3 is 3.00 bits per heavy atom. The smallest absolute Gasteiger partial charge is 0.270 e. The standard InChI is InChI=1S/C11H12BrN5OS/c1-2-17-10(18)15-16-11(17)19-8-5-7(12)13-9(14-8)6-3-4-6/h5-6H,2-4H2,1H3,(H,15,18). The summed E-state index contributed by atoms with van der Waals surface area (Å²) in [6.07, 6.45) is 2.31. The van der Waals surface area contributed by atoms with Crippen molar-refractivity contribution in [3.8, 4) is 0 Å². The van der Waals surface area contributed by atoms with Crippen LogP contribution in [0, 0.1) is 0 Å². The van der Waals surface area contributed by atoms with Gasteiger partial charge in [-0.1, -0.05) is 0 Å². The van der Waals surface area contributed by atoms with Crippen LogP contribution in [0.15, 0.2) is 25.6 Å². The molecule has 0 atom stereocenters. The Hall–Kier alpha value is -1.15. The quantitative estimate of drug-likeness (QED) is 0.862. The minimum Gasteiger partial charge on any atom is -0.270 e. The van der Waals surface area contributed by atoms with Crippen LogP contribution in [0.3, 0.4) is 0 Å². The molecule has 1 saturated carbocycles. The summed E-state index contributed by atoms with van der Waals surface area (Å²) < 4.78 is 2.35. The minimum atomic E-state index is -0.194. The fourth-order valence-electron chi connectivity index (χ4n) is 1.74. The number of aromatic amines is 1. The van der Waals surface area contributed by atoms with E-state index in [1.165, 1.54) is 11.8 Å². The van der Waals surface area contributed by atoms with Gasteiger partial charge in [0, 0.05) is 18.5 Å². The second kappa shape index (κ2) is 5.09. The second-order valence-corrected chi connectivity index (χ2v) is 6.12. The van der Waals surface area contributed by atoms with Crippen molar-refractivity contribution in [1.29, 1.82) is 0 Å². The number of H-pyrrole nitrogens is 1. The second-order valence-electron chi connectivity index (χ2n) is 4.32. The minimum absolute atomic E-state index is 0.194. The first kappa shape index (κ1) is 12.9. The summed E-state index contributed by atoms with van der Waals surface area (Å²) in [6.45, 7) is 2.49. The van der Waals surface area contributed by atoms with Crippen molar-refractivity contribution in [2.75, 3.05) is 0 Å². The number of hydrogen-bond donors (Lipinski definition) is 1. The molecule has 19 heavy (non-hydrogen) atoms. The predicted octanol–water partition coefficient (Wildman–Crippen LogP) is 2.17. The average molecular weight is 342 g/mol. The normalized spacial score (nSPS) is 14.8. The first-order valence-corrected chi connectivity index (χ1v) is 7.66. The van der Waals surface area contributed by atoms with E-state index in [4.69, 9.17) is 0 Å². The lowest BCUT2D eigenvalue weighted by atomic mass is 10.4. The molecule has 0 radical (unpaired) electrons. The van der Waals surface area contributed by atoms with E-state index in [1.807, 2.05) is 13.0 Å². The summed E-state index contributed by atoms with van der Waals surface area (Å²) >= 11 is 4.77. The van der Waals surface area contributed by atoms with Crippen LogP contribution in [-0.4, -0.2) is 24.7 Å². The van der Waals surface area contributed by atoms with Crippen molar-refractivity contribution in [2.45, 2.75) is 42.4 Å². The van der Waals surface area contributed by atoms with Gasteiger partial charge in [0.1, 0.15) is 15.5 Å². The number of nitrogens with zero attached hydrogens (tertiary/aromatic N) is 4. The molecule has 1 aliphatic rings. The molecule has 0 aromatic carbocycles. The molecule has 2 aromatic heterocycles. The van der Waals surface area contributed by atoms with Gasteiger partial charge in [0.2, 0.25) is 0 Å². The molecule has 6 nitrogen and oxygen atoms in total. The van der Waals surface area contributed by atoms with E-state index in [1.54, 1.807) is 4.57 Å². The highest BCUT2D eigenvalue weighted by Crippen LogP contribution is 2.39. The maximum absolute atomic E-state index is 11.5. The largest absolute Gasteiger partial charge is 0.343 e. The summed E-state index contributed by atoms with van der Waals surface area (Å²) in [4.78, 5) is 20.4. The molecule has 1 fully saturated rings. The van der Waals surface area contributed by atoms with E-state index >= 15 is 0 Å². The number of aromatic nitrogens is 5. The maximum atomic E-state index is 11.5. The Morgan fingerprint density at radius 1 is 1.53 bits per heavy atom. The number of hydrogen-bond acceptors (Lipinski definition) is 5. The predicted molar refractivity (Wildman–Crippen MR) is 74.4 cm³/mol. The van der Waals surface area contributed by atoms with Gasteiger partial charge in [0.05, 0.1) is 0 Å². The fourth-order valence-corrected chi connectivity index (χ4v) is 3.20. The van der Waals surface area contributed by atoms with E-state index in [2.05, 4.69) is 36.1 Å². The summed E-state index contributed by atoms with van der Waals surface area (Å²) in [7, 11) is 0. The highest BCUT2D eigenvalue weighted by atomic mass is 79.9. The summed E-state index contributed by atoms with van der Waals surface area (Å²) in [5.41, 5.74) is -0.194. The third-order valence-corrected chi connectivity index (χ3v) is 4.19. The fraction of sp³-hybridized carbons (Fsp3) is 0.455. The van der Waals surface area contributed by atoms with E-state index in [0.717, 1.165) is 28.3 Å². The third-order valence-electron chi connectivity index (χ3n) is 2.87. The highest BCUT2D eigenvalue weighted by Gasteiger charge is 2.27. The number of halogens is 1. The lowest BCUT2D eigenvalue weighted by molar-refractivity contribution is 0.659. The van der Waals surface area contributed by atoms with Crippen LogP contribution >= 0.6 is 27.7 Å². The molecular weight excluding hydrogens is 330 g/mol. The van der Waals surface area contributed by atoms with Gasteiger partial charge in [-0.25, -0.2) is 19.9 Å². The molecule has 0 aliphatic heterocycles. The van der Waals surface area contributed by atoms with E-state index in [0.29, 0.717) is 17.6 Å². The first-order chi connectivity index (χ1) is 9.17. The van der Waals surface area contributed by atoms with Crippen LogP contribution in [-0.2, 0) is 6.54 Å². The van der Waals surface area contributed by atoms with Crippen molar-refractivity contribution < 1.29 is 0 Å². The maximum Gasteiger partial charge on any atom is 0.343 e. The summed E-state index contributed by atoms with van der Waals surface area (Å²) in [5.74, 6) is 1.36. The van der Waals surface area contributed by atoms with Crippen molar-refractivity contribution in [3.05, 3.63) is 27.0 Å². The molecule has 1 aliphatic carbocycles. The molecule has 0 spiro atoms. The molecule has 0 bridgehead atoms. The Morgan fingerprint density at radius 2 is 2.32 bits per heavy atom. The van der Waals surface area contributed by atoms with Crippen molar-refractivity contribution in [3.63, 3.8) is 0 Å². The number of nitrogens with one attached hydrogen (secondary N) is 1. The summed E-state index contributed by atoms with van der Waals surface area (Å²) in [6, 6.07) is 1.84. The van der Waals surface area contributed by atoms with Gasteiger partial charge in [-0.2, -0.15) is 0 Å². The Bertz CT molecular complexity index is 663. The van der Waals surface area contributed by atoms with Crippen LogP contribution in [0.5, 0.6) is 0 Å². The molecule has 2 heterocycles. The Balaban J connectivity index is 1.92. The molecule has 100 valence electrons. The van der Waals surface area contributed by atoms with Crippen LogP contribution in [0.2, 0.25) is 0 Å². The zero-order chi connectivity index (χ0) is 13.4. The molecule has 3 rings (SSSR count). The average Bonchev–Trinajstić information content (AvgIpc) is 3.15. The zero-order valence-electron chi connectivity index (χ0n) is 10.3. The van der Waals surface area contributed by atoms with E-state index in [9.17, 15) is 4.79 Å². The molecule has 0 unspecified atom stereocenters. The molecule has 2 aromatic rings. The number of rotatable bonds is 4. The van der Waals surface area contributed by atoms with Crippen LogP contribution in [0.4, 0.5) is 0 Å². The SMILES string of the molecule is CCn1c(Sc2cc(Br)nc(C3CC3)n2)n[nH]c1=O. The lowest BCUT2D eigenvalue weighted by Crippen LogP contribution is -2.16. The lowest BCUT2D eigenvalue weighted by Gasteiger charge is -2.04. The zero-order valence-corrected chi connectivity index (χ0v) is 12.7. The molecule has 0 saturated heterocycles. The van der Waals surface area contributed by atoms with Gasteiger partial charge in [0.25, 0.3) is 0 Å². The van der Waals surface area contributed by atoms with Gasteiger partial charge in [0.15, 0.2) is 5.16 Å². The van der Waals surface area contributed by atoms with Crippen LogP contribution in [0.25, 0.3) is 0 Å². The molecular formula is C11H12BrN5OS. The van der Waals surface area contributed by atoms with Gasteiger partial charge < -0.3 is 0 Å². The van der Waals surface area contributed by atoms with Gasteiger partial charge in [-0.3, -0.25) is 4.57 Å². The molecule has 1 N–H and O–H groups in total. The van der Waals surface area contributed by atoms with Gasteiger partial charge >= 0.3 is 5.69 Å². The highest BCUT2D eigenvalue weighted by molar-refractivity contribution is 9.10. The van der Waals surface area contributed by atoms with Crippen LogP contribution in [0.1, 0.15) is 31.5 Å². The van der Waals surface area contributed by atoms with E-state index < -0.39 is 0 Å². The van der Waals surface area contributed by atoms with Gasteiger partial charge in [-0.05, 0) is 47.5 Å². The van der Waals surface area contributed by atoms with Crippen LogP contribution < -0.4 is 5.69 Å². The first-order valence-electron chi connectivity index (χ1n) is 6.05.